The van der Waals surface area contributed by atoms with Crippen molar-refractivity contribution in [1.29, 1.82) is 0 Å². The third-order valence-electron chi connectivity index (χ3n) is 3.78. The van der Waals surface area contributed by atoms with Gasteiger partial charge in [-0.1, -0.05) is 13.8 Å². The van der Waals surface area contributed by atoms with Crippen LogP contribution in [0.3, 0.4) is 0 Å². The van der Waals surface area contributed by atoms with Crippen LogP contribution >= 0.6 is 12.2 Å². The van der Waals surface area contributed by atoms with Crippen LogP contribution in [0.25, 0.3) is 0 Å². The number of hydrogen-bond donors (Lipinski definition) is 1. The van der Waals surface area contributed by atoms with Gasteiger partial charge in [-0.15, -0.1) is 0 Å². The van der Waals surface area contributed by atoms with Gasteiger partial charge in [0.2, 0.25) is 4.77 Å². The van der Waals surface area contributed by atoms with Gasteiger partial charge in [0, 0.05) is 17.5 Å². The van der Waals surface area contributed by atoms with Crippen LogP contribution in [0.1, 0.15) is 44.0 Å². The molecule has 7 heteroatoms. The Kier molecular flexibility index (Phi) is 5.92. The molecule has 2 rings (SSSR count). The summed E-state index contributed by atoms with van der Waals surface area (Å²) >= 11 is 5.28. The first-order valence-corrected chi connectivity index (χ1v) is 7.99. The summed E-state index contributed by atoms with van der Waals surface area (Å²) in [6.45, 7) is 4.26. The van der Waals surface area contributed by atoms with Crippen LogP contribution in [0.5, 0.6) is 11.5 Å². The highest BCUT2D eigenvalue weighted by Gasteiger charge is 2.15. The van der Waals surface area contributed by atoms with E-state index in [4.69, 9.17) is 21.7 Å². The Balaban J connectivity index is 2.38. The molecular formula is C16H22N4O2S. The van der Waals surface area contributed by atoms with Gasteiger partial charge in [-0.2, -0.15) is 14.9 Å². The SMILES string of the molecule is CCC(CC)c1n[nH]c(=S)n1/N=C\c1ccc(OC)cc1OC. The predicted octanol–water partition coefficient (Wildman–Crippen LogP) is 3.74. The molecule has 0 bridgehead atoms. The molecule has 0 aliphatic rings. The molecule has 6 nitrogen and oxygen atoms in total. The Morgan fingerprint density at radius 3 is 2.65 bits per heavy atom. The average Bonchev–Trinajstić information content (AvgIpc) is 2.95. The van der Waals surface area contributed by atoms with Crippen LogP contribution in [0.4, 0.5) is 0 Å². The lowest BCUT2D eigenvalue weighted by molar-refractivity contribution is 0.394. The Morgan fingerprint density at radius 2 is 2.04 bits per heavy atom. The molecule has 2 aromatic rings. The van der Waals surface area contributed by atoms with Gasteiger partial charge in [-0.25, -0.2) is 0 Å². The predicted molar refractivity (Wildman–Crippen MR) is 93.3 cm³/mol. The van der Waals surface area contributed by atoms with Gasteiger partial charge in [0.25, 0.3) is 0 Å². The highest BCUT2D eigenvalue weighted by Crippen LogP contribution is 2.24. The lowest BCUT2D eigenvalue weighted by Gasteiger charge is -2.10. The topological polar surface area (TPSA) is 64.4 Å². The molecule has 1 aromatic heterocycles. The van der Waals surface area contributed by atoms with Crippen molar-refractivity contribution in [2.75, 3.05) is 14.2 Å². The molecule has 1 N–H and O–H groups in total. The largest absolute Gasteiger partial charge is 0.497 e. The molecule has 1 aromatic carbocycles. The van der Waals surface area contributed by atoms with Crippen LogP contribution in [-0.4, -0.2) is 35.3 Å². The fourth-order valence-electron chi connectivity index (χ4n) is 2.38. The van der Waals surface area contributed by atoms with Crippen LogP contribution in [-0.2, 0) is 0 Å². The molecule has 124 valence electrons. The van der Waals surface area contributed by atoms with Crippen LogP contribution < -0.4 is 9.47 Å². The normalized spacial score (nSPS) is 11.3. The highest BCUT2D eigenvalue weighted by atomic mass is 32.1. The number of ether oxygens (including phenoxy) is 2. The van der Waals surface area contributed by atoms with Crippen molar-refractivity contribution in [2.24, 2.45) is 5.10 Å². The van der Waals surface area contributed by atoms with Crippen LogP contribution in [0, 0.1) is 4.77 Å². The third-order valence-corrected chi connectivity index (χ3v) is 4.04. The standard InChI is InChI=1S/C16H22N4O2S/c1-5-11(6-2)15-18-19-16(23)20(15)17-10-12-7-8-13(21-3)9-14(12)22-4/h7-11H,5-6H2,1-4H3,(H,19,23)/b17-10-. The first-order chi connectivity index (χ1) is 11.1. The smallest absolute Gasteiger partial charge is 0.216 e. The fourth-order valence-corrected chi connectivity index (χ4v) is 2.56. The van der Waals surface area contributed by atoms with E-state index in [0.717, 1.165) is 30.0 Å². The van der Waals surface area contributed by atoms with Crippen LogP contribution in [0.15, 0.2) is 23.3 Å². The zero-order valence-electron chi connectivity index (χ0n) is 13.9. The van der Waals surface area contributed by atoms with Gasteiger partial charge >= 0.3 is 0 Å². The van der Waals surface area contributed by atoms with Gasteiger partial charge in [-0.3, -0.25) is 5.10 Å². The molecule has 0 amide bonds. The summed E-state index contributed by atoms with van der Waals surface area (Å²) in [5, 5.41) is 11.6. The summed E-state index contributed by atoms with van der Waals surface area (Å²) in [5.41, 5.74) is 0.840. The summed E-state index contributed by atoms with van der Waals surface area (Å²) in [4.78, 5) is 0. The van der Waals surface area contributed by atoms with Crippen molar-refractivity contribution in [3.05, 3.63) is 34.4 Å². The summed E-state index contributed by atoms with van der Waals surface area (Å²) in [5.74, 6) is 2.59. The van der Waals surface area contributed by atoms with Gasteiger partial charge in [0.15, 0.2) is 5.82 Å². The fraction of sp³-hybridized carbons (Fsp3) is 0.438. The minimum absolute atomic E-state index is 0.317. The Labute approximate surface area is 141 Å². The van der Waals surface area contributed by atoms with Gasteiger partial charge in [0.05, 0.1) is 20.4 Å². The zero-order valence-corrected chi connectivity index (χ0v) is 14.7. The molecule has 1 heterocycles. The molecule has 0 radical (unpaired) electrons. The minimum Gasteiger partial charge on any atom is -0.497 e. The maximum atomic E-state index is 5.38. The molecule has 0 spiro atoms. The number of aromatic nitrogens is 3. The molecule has 0 saturated heterocycles. The lowest BCUT2D eigenvalue weighted by atomic mass is 10.0. The summed E-state index contributed by atoms with van der Waals surface area (Å²) in [6, 6.07) is 5.57. The van der Waals surface area contributed by atoms with Crippen molar-refractivity contribution in [3.63, 3.8) is 0 Å². The second kappa shape index (κ2) is 7.92. The molecule has 0 saturated carbocycles. The van der Waals surface area contributed by atoms with Gasteiger partial charge < -0.3 is 9.47 Å². The van der Waals surface area contributed by atoms with E-state index >= 15 is 0 Å². The van der Waals surface area contributed by atoms with E-state index in [9.17, 15) is 0 Å². The van der Waals surface area contributed by atoms with E-state index < -0.39 is 0 Å². The van der Waals surface area contributed by atoms with E-state index in [2.05, 4.69) is 29.1 Å². The molecule has 23 heavy (non-hydrogen) atoms. The molecule has 0 aliphatic heterocycles. The number of nitrogens with zero attached hydrogens (tertiary/aromatic N) is 3. The maximum absolute atomic E-state index is 5.38. The van der Waals surface area contributed by atoms with Crippen molar-refractivity contribution in [2.45, 2.75) is 32.6 Å². The second-order valence-corrected chi connectivity index (χ2v) is 5.45. The average molecular weight is 334 g/mol. The number of rotatable bonds is 7. The Hall–Kier alpha value is -2.15. The van der Waals surface area contributed by atoms with E-state index in [1.54, 1.807) is 25.1 Å². The summed E-state index contributed by atoms with van der Waals surface area (Å²) in [6.07, 6.45) is 3.69. The number of nitrogens with one attached hydrogen (secondary N) is 1. The second-order valence-electron chi connectivity index (χ2n) is 5.06. The number of benzene rings is 1. The number of hydrogen-bond acceptors (Lipinski definition) is 5. The first kappa shape index (κ1) is 17.2. The lowest BCUT2D eigenvalue weighted by Crippen LogP contribution is -2.05. The number of H-pyrrole nitrogens is 1. The molecule has 0 unspecified atom stereocenters. The maximum Gasteiger partial charge on any atom is 0.216 e. The Morgan fingerprint density at radius 1 is 1.30 bits per heavy atom. The minimum atomic E-state index is 0.317. The number of aromatic amines is 1. The van der Waals surface area contributed by atoms with Gasteiger partial charge in [0.1, 0.15) is 11.5 Å². The van der Waals surface area contributed by atoms with E-state index in [1.807, 2.05) is 18.2 Å². The van der Waals surface area contributed by atoms with Crippen LogP contribution in [0.2, 0.25) is 0 Å². The van der Waals surface area contributed by atoms with Crippen molar-refractivity contribution in [1.82, 2.24) is 14.9 Å². The monoisotopic (exact) mass is 334 g/mol. The third kappa shape index (κ3) is 3.79. The van der Waals surface area contributed by atoms with Crippen molar-refractivity contribution >= 4 is 18.4 Å². The van der Waals surface area contributed by atoms with Crippen molar-refractivity contribution in [3.8, 4) is 11.5 Å². The van der Waals surface area contributed by atoms with Gasteiger partial charge in [-0.05, 0) is 37.2 Å². The summed E-state index contributed by atoms with van der Waals surface area (Å²) in [7, 11) is 3.24. The van der Waals surface area contributed by atoms with E-state index in [-0.39, 0.29) is 0 Å². The summed E-state index contributed by atoms with van der Waals surface area (Å²) < 4.78 is 12.7. The molecule has 0 fully saturated rings. The van der Waals surface area contributed by atoms with E-state index in [1.165, 1.54) is 0 Å². The molecular weight excluding hydrogens is 312 g/mol. The molecule has 0 atom stereocenters. The highest BCUT2D eigenvalue weighted by molar-refractivity contribution is 7.71. The van der Waals surface area contributed by atoms with Crippen molar-refractivity contribution < 1.29 is 9.47 Å². The first-order valence-electron chi connectivity index (χ1n) is 7.58. The quantitative estimate of drug-likeness (QED) is 0.619. The Bertz CT molecular complexity index is 732. The molecule has 0 aliphatic carbocycles. The van der Waals surface area contributed by atoms with E-state index in [0.29, 0.717) is 16.4 Å². The zero-order chi connectivity index (χ0) is 16.8. The number of methoxy groups -OCH3 is 2.